The van der Waals surface area contributed by atoms with Gasteiger partial charge >= 0.3 is 0 Å². The summed E-state index contributed by atoms with van der Waals surface area (Å²) in [5.74, 6) is 2.36. The van der Waals surface area contributed by atoms with Crippen LogP contribution in [0.15, 0.2) is 40.8 Å². The summed E-state index contributed by atoms with van der Waals surface area (Å²) in [6.07, 6.45) is 0.113. The number of nitrogens with zero attached hydrogens (tertiary/aromatic N) is 1. The smallest absolute Gasteiger partial charge is 0.251 e. The number of likely N-dealkylation sites (N-methyl/N-ethyl adjacent to an activating group) is 1. The van der Waals surface area contributed by atoms with Crippen molar-refractivity contribution in [2.75, 3.05) is 20.6 Å². The van der Waals surface area contributed by atoms with E-state index in [1.54, 1.807) is 12.1 Å². The van der Waals surface area contributed by atoms with Crippen molar-refractivity contribution >= 4 is 5.91 Å². The monoisotopic (exact) mass is 330 g/mol. The van der Waals surface area contributed by atoms with Gasteiger partial charge in [-0.2, -0.15) is 0 Å². The third-order valence-electron chi connectivity index (χ3n) is 3.66. The molecule has 130 valence electrons. The lowest BCUT2D eigenvalue weighted by Gasteiger charge is -2.22. The molecule has 0 aliphatic rings. The van der Waals surface area contributed by atoms with Crippen LogP contribution < -0.4 is 10.1 Å². The maximum absolute atomic E-state index is 12.3. The predicted molar refractivity (Wildman–Crippen MR) is 94.4 cm³/mol. The Labute approximate surface area is 143 Å². The molecule has 0 aliphatic carbocycles. The Morgan fingerprint density at radius 1 is 1.17 bits per heavy atom. The summed E-state index contributed by atoms with van der Waals surface area (Å²) in [5.41, 5.74) is 0.610. The SMILES string of the molecule is Cc1ccc([C@H](CNC(=O)c2ccc(OC(C)C)cc2)N(C)C)o1. The van der Waals surface area contributed by atoms with Crippen LogP contribution in [-0.2, 0) is 0 Å². The van der Waals surface area contributed by atoms with Crippen LogP contribution in [0.3, 0.4) is 0 Å². The minimum Gasteiger partial charge on any atom is -0.491 e. The van der Waals surface area contributed by atoms with E-state index in [2.05, 4.69) is 5.32 Å². The molecule has 2 rings (SSSR count). The molecule has 0 bridgehead atoms. The molecular weight excluding hydrogens is 304 g/mol. The molecule has 0 saturated carbocycles. The largest absolute Gasteiger partial charge is 0.491 e. The minimum atomic E-state index is -0.110. The number of nitrogens with one attached hydrogen (secondary N) is 1. The molecule has 5 nitrogen and oxygen atoms in total. The summed E-state index contributed by atoms with van der Waals surface area (Å²) in [6.45, 7) is 6.33. The van der Waals surface area contributed by atoms with E-state index in [4.69, 9.17) is 9.15 Å². The number of hydrogen-bond acceptors (Lipinski definition) is 4. The fourth-order valence-electron chi connectivity index (χ4n) is 2.42. The molecule has 1 aromatic heterocycles. The highest BCUT2D eigenvalue weighted by Gasteiger charge is 2.19. The van der Waals surface area contributed by atoms with Crippen LogP contribution in [0.1, 0.15) is 41.8 Å². The molecule has 1 aromatic carbocycles. The summed E-state index contributed by atoms with van der Waals surface area (Å²) in [5, 5.41) is 2.97. The van der Waals surface area contributed by atoms with Crippen molar-refractivity contribution < 1.29 is 13.9 Å². The Hall–Kier alpha value is -2.27. The molecule has 2 aromatic rings. The summed E-state index contributed by atoms with van der Waals surface area (Å²) in [7, 11) is 3.93. The van der Waals surface area contributed by atoms with Gasteiger partial charge in [0, 0.05) is 12.1 Å². The van der Waals surface area contributed by atoms with Crippen LogP contribution in [0.4, 0.5) is 0 Å². The van der Waals surface area contributed by atoms with Gasteiger partial charge in [-0.1, -0.05) is 0 Å². The third kappa shape index (κ3) is 4.86. The Kier molecular flexibility index (Phi) is 6.04. The summed E-state index contributed by atoms with van der Waals surface area (Å²) in [4.78, 5) is 14.4. The summed E-state index contributed by atoms with van der Waals surface area (Å²) < 4.78 is 11.3. The van der Waals surface area contributed by atoms with Crippen molar-refractivity contribution in [1.82, 2.24) is 10.2 Å². The zero-order chi connectivity index (χ0) is 17.7. The van der Waals surface area contributed by atoms with Crippen LogP contribution in [0, 0.1) is 6.92 Å². The second-order valence-electron chi connectivity index (χ2n) is 6.33. The van der Waals surface area contributed by atoms with Gasteiger partial charge in [-0.25, -0.2) is 0 Å². The Bertz CT molecular complexity index is 660. The maximum atomic E-state index is 12.3. The van der Waals surface area contributed by atoms with Gasteiger partial charge in [0.1, 0.15) is 17.3 Å². The standard InChI is InChI=1S/C19H26N2O3/c1-13(2)23-16-9-7-15(8-10-16)19(22)20-12-17(21(4)5)18-11-6-14(3)24-18/h6-11,13,17H,12H2,1-5H3,(H,20,22)/t17-/m0/s1. The number of hydrogen-bond donors (Lipinski definition) is 1. The first kappa shape index (κ1) is 18.1. The lowest BCUT2D eigenvalue weighted by Crippen LogP contribution is -2.34. The van der Waals surface area contributed by atoms with E-state index in [1.165, 1.54) is 0 Å². The van der Waals surface area contributed by atoms with E-state index >= 15 is 0 Å². The quantitative estimate of drug-likeness (QED) is 0.845. The fourth-order valence-corrected chi connectivity index (χ4v) is 2.42. The van der Waals surface area contributed by atoms with Gasteiger partial charge in [0.2, 0.25) is 0 Å². The second-order valence-corrected chi connectivity index (χ2v) is 6.33. The van der Waals surface area contributed by atoms with Crippen LogP contribution >= 0.6 is 0 Å². The lowest BCUT2D eigenvalue weighted by atomic mass is 10.1. The van der Waals surface area contributed by atoms with Crippen LogP contribution in [0.5, 0.6) is 5.75 Å². The van der Waals surface area contributed by atoms with Gasteiger partial charge in [0.05, 0.1) is 12.1 Å². The third-order valence-corrected chi connectivity index (χ3v) is 3.66. The molecule has 5 heteroatoms. The first-order chi connectivity index (χ1) is 11.4. The van der Waals surface area contributed by atoms with Crippen LogP contribution in [-0.4, -0.2) is 37.6 Å². The van der Waals surface area contributed by atoms with Crippen molar-refractivity contribution in [3.8, 4) is 5.75 Å². The first-order valence-corrected chi connectivity index (χ1v) is 8.14. The number of aryl methyl sites for hydroxylation is 1. The molecule has 0 unspecified atom stereocenters. The van der Waals surface area contributed by atoms with Gasteiger partial charge in [0.25, 0.3) is 5.91 Å². The van der Waals surface area contributed by atoms with E-state index in [0.29, 0.717) is 12.1 Å². The van der Waals surface area contributed by atoms with Gasteiger partial charge in [-0.05, 0) is 71.3 Å². The number of ether oxygens (including phenoxy) is 1. The molecule has 24 heavy (non-hydrogen) atoms. The lowest BCUT2D eigenvalue weighted by molar-refractivity contribution is 0.0939. The number of carbonyl (C=O) groups excluding carboxylic acids is 1. The predicted octanol–water partition coefficient (Wildman–Crippen LogP) is 3.41. The molecule has 1 atom stereocenters. The average molecular weight is 330 g/mol. The van der Waals surface area contributed by atoms with Crippen molar-refractivity contribution in [1.29, 1.82) is 0 Å². The molecule has 0 saturated heterocycles. The molecule has 1 amide bonds. The zero-order valence-corrected chi connectivity index (χ0v) is 15.0. The first-order valence-electron chi connectivity index (χ1n) is 8.14. The number of furan rings is 1. The van der Waals surface area contributed by atoms with Gasteiger partial charge in [0.15, 0.2) is 0 Å². The molecule has 0 radical (unpaired) electrons. The topological polar surface area (TPSA) is 54.7 Å². The Balaban J connectivity index is 1.98. The number of benzene rings is 1. The van der Waals surface area contributed by atoms with Crippen LogP contribution in [0.25, 0.3) is 0 Å². The van der Waals surface area contributed by atoms with Crippen molar-refractivity contribution in [3.63, 3.8) is 0 Å². The number of carbonyl (C=O) groups is 1. The van der Waals surface area contributed by atoms with Crippen molar-refractivity contribution in [2.45, 2.75) is 32.9 Å². The van der Waals surface area contributed by atoms with Crippen molar-refractivity contribution in [2.24, 2.45) is 0 Å². The highest BCUT2D eigenvalue weighted by molar-refractivity contribution is 5.94. The van der Waals surface area contributed by atoms with E-state index in [1.807, 2.05) is 64.0 Å². The second kappa shape index (κ2) is 8.02. The molecule has 1 N–H and O–H groups in total. The van der Waals surface area contributed by atoms with Gasteiger partial charge in [-0.15, -0.1) is 0 Å². The number of rotatable bonds is 7. The highest BCUT2D eigenvalue weighted by atomic mass is 16.5. The summed E-state index contributed by atoms with van der Waals surface area (Å²) >= 11 is 0. The average Bonchev–Trinajstić information content (AvgIpc) is 2.93. The van der Waals surface area contributed by atoms with Crippen LogP contribution in [0.2, 0.25) is 0 Å². The van der Waals surface area contributed by atoms with Crippen molar-refractivity contribution in [3.05, 3.63) is 53.5 Å². The van der Waals surface area contributed by atoms with Gasteiger partial charge < -0.3 is 14.5 Å². The van der Waals surface area contributed by atoms with E-state index in [-0.39, 0.29) is 18.1 Å². The summed E-state index contributed by atoms with van der Waals surface area (Å²) in [6, 6.07) is 11.0. The van der Waals surface area contributed by atoms with E-state index in [9.17, 15) is 4.79 Å². The highest BCUT2D eigenvalue weighted by Crippen LogP contribution is 2.20. The maximum Gasteiger partial charge on any atom is 0.251 e. The van der Waals surface area contributed by atoms with E-state index in [0.717, 1.165) is 17.3 Å². The molecule has 1 heterocycles. The molecule has 0 aliphatic heterocycles. The molecule has 0 fully saturated rings. The molecule has 0 spiro atoms. The normalized spacial score (nSPS) is 12.5. The Morgan fingerprint density at radius 2 is 1.83 bits per heavy atom. The Morgan fingerprint density at radius 3 is 2.33 bits per heavy atom. The minimum absolute atomic E-state index is 0.00815. The molecular formula is C19H26N2O3. The number of amides is 1. The van der Waals surface area contributed by atoms with Gasteiger partial charge in [-0.3, -0.25) is 9.69 Å². The zero-order valence-electron chi connectivity index (χ0n) is 15.0. The fraction of sp³-hybridized carbons (Fsp3) is 0.421. The van der Waals surface area contributed by atoms with E-state index < -0.39 is 0 Å².